The van der Waals surface area contributed by atoms with Gasteiger partial charge >= 0.3 is 0 Å². The molecule has 16 heteroatoms. The molecule has 0 radical (unpaired) electrons. The van der Waals surface area contributed by atoms with E-state index in [0.29, 0.717) is 28.2 Å². The Balaban J connectivity index is 1.31. The van der Waals surface area contributed by atoms with Crippen molar-refractivity contribution in [2.75, 3.05) is 52.6 Å². The second-order valence-corrected chi connectivity index (χ2v) is 17.2. The highest BCUT2D eigenvalue weighted by Gasteiger charge is 2.47. The summed E-state index contributed by atoms with van der Waals surface area (Å²) in [7, 11) is 1.58. The predicted molar refractivity (Wildman–Crippen MR) is 243 cm³/mol. The van der Waals surface area contributed by atoms with E-state index in [4.69, 9.17) is 32.7 Å². The molecule has 2 aromatic heterocycles. The lowest BCUT2D eigenvalue weighted by Gasteiger charge is -2.45. The maximum atomic E-state index is 13.2. The Morgan fingerprint density at radius 2 is 1.47 bits per heavy atom. The number of nitriles is 1. The number of carbonyl (C=O) groups is 1. The van der Waals surface area contributed by atoms with Crippen LogP contribution < -0.4 is 14.8 Å². The van der Waals surface area contributed by atoms with Gasteiger partial charge in [0.15, 0.2) is 23.2 Å². The smallest absolute Gasteiger partial charge is 0.259 e. The Morgan fingerprint density at radius 3 is 2.06 bits per heavy atom. The molecule has 1 aliphatic rings. The largest absolute Gasteiger partial charge is 0.497 e. The van der Waals surface area contributed by atoms with Gasteiger partial charge in [-0.2, -0.15) is 5.26 Å². The molecular weight excluding hydrogens is 834 g/mol. The van der Waals surface area contributed by atoms with Gasteiger partial charge in [0.1, 0.15) is 29.0 Å². The molecule has 1 amide bonds. The third-order valence-electron chi connectivity index (χ3n) is 10.8. The van der Waals surface area contributed by atoms with Gasteiger partial charge in [-0.25, -0.2) is 19.6 Å². The number of hydrogen-bond donors (Lipinski definition) is 1. The highest BCUT2D eigenvalue weighted by Crippen LogP contribution is 2.48. The van der Waals surface area contributed by atoms with E-state index >= 15 is 0 Å². The Morgan fingerprint density at radius 1 is 0.859 bits per heavy atom. The number of nitrogens with one attached hydrogen (secondary N) is 1. The van der Waals surface area contributed by atoms with Crippen LogP contribution >= 0.6 is 8.53 Å². The molecule has 1 unspecified atom stereocenters. The monoisotopic (exact) mass is 887 g/mol. The first kappa shape index (κ1) is 46.2. The standard InChI is InChI=1S/C48H54N7O8P/c1-34(2)55(35(3)4)64(61-27-13-26-49)62-31-47(29-59-28-42(63-47)54-33-52-43-44(50-32-51-45(43)54)53-46(56)36-14-9-7-10-15-36)30-60-48(37-16-11-8-12-17-37,38-18-22-40(57-5)23-19-38)39-20-24-41(58-6)25-21-39/h7-12,14-25,32-35,42H,13,27-31H2,1-6H3,(H,50,51,53,56)/t42-,47-,64?/m1/s1. The third-order valence-corrected chi connectivity index (χ3v) is 12.8. The molecule has 0 saturated carbocycles. The number of carbonyl (C=O) groups excluding carboxylic acids is 1. The van der Waals surface area contributed by atoms with E-state index < -0.39 is 26.0 Å². The molecule has 0 aliphatic carbocycles. The lowest BCUT2D eigenvalue weighted by atomic mass is 9.79. The van der Waals surface area contributed by atoms with Crippen molar-refractivity contribution in [3.05, 3.63) is 144 Å². The molecule has 1 fully saturated rings. The van der Waals surface area contributed by atoms with E-state index in [2.05, 4.69) is 58.7 Å². The fourth-order valence-electron chi connectivity index (χ4n) is 7.76. The van der Waals surface area contributed by atoms with Crippen LogP contribution in [0.2, 0.25) is 0 Å². The van der Waals surface area contributed by atoms with Gasteiger partial charge < -0.3 is 38.0 Å². The highest BCUT2D eigenvalue weighted by atomic mass is 31.2. The minimum absolute atomic E-state index is 0.0201. The average molecular weight is 888 g/mol. The van der Waals surface area contributed by atoms with Crippen LogP contribution in [0.5, 0.6) is 11.5 Å². The van der Waals surface area contributed by atoms with Crippen LogP contribution in [0.4, 0.5) is 5.82 Å². The third kappa shape index (κ3) is 10.3. The van der Waals surface area contributed by atoms with E-state index in [1.807, 2.05) is 84.9 Å². The number of rotatable bonds is 20. The van der Waals surface area contributed by atoms with Gasteiger partial charge in [0, 0.05) is 17.6 Å². The molecule has 3 heterocycles. The molecule has 4 aromatic carbocycles. The summed E-state index contributed by atoms with van der Waals surface area (Å²) < 4.78 is 49.5. The Kier molecular flexibility index (Phi) is 15.3. The normalized spacial score (nSPS) is 17.1. The van der Waals surface area contributed by atoms with Crippen LogP contribution in [0.25, 0.3) is 11.2 Å². The summed E-state index contributed by atoms with van der Waals surface area (Å²) in [5, 5.41) is 12.3. The van der Waals surface area contributed by atoms with Crippen molar-refractivity contribution in [3.8, 4) is 17.6 Å². The summed E-state index contributed by atoms with van der Waals surface area (Å²) in [4.78, 5) is 26.8. The average Bonchev–Trinajstić information content (AvgIpc) is 3.77. The van der Waals surface area contributed by atoms with Crippen molar-refractivity contribution in [2.24, 2.45) is 0 Å². The van der Waals surface area contributed by atoms with E-state index in [1.54, 1.807) is 49.4 Å². The number of methoxy groups -OCH3 is 2. The van der Waals surface area contributed by atoms with Crippen LogP contribution in [0.3, 0.4) is 0 Å². The summed E-state index contributed by atoms with van der Waals surface area (Å²) in [6.45, 7) is 8.70. The van der Waals surface area contributed by atoms with Gasteiger partial charge in [-0.1, -0.05) is 72.8 Å². The summed E-state index contributed by atoms with van der Waals surface area (Å²) in [5.41, 5.74) is 1.35. The highest BCUT2D eigenvalue weighted by molar-refractivity contribution is 7.44. The van der Waals surface area contributed by atoms with Crippen LogP contribution in [0.1, 0.15) is 67.4 Å². The molecule has 7 rings (SSSR count). The second-order valence-electron chi connectivity index (χ2n) is 15.8. The van der Waals surface area contributed by atoms with Gasteiger partial charge in [0.2, 0.25) is 0 Å². The number of amides is 1. The molecule has 334 valence electrons. The zero-order valence-electron chi connectivity index (χ0n) is 36.9. The molecule has 3 atom stereocenters. The lowest BCUT2D eigenvalue weighted by molar-refractivity contribution is -0.257. The molecule has 6 aromatic rings. The maximum absolute atomic E-state index is 13.2. The predicted octanol–water partition coefficient (Wildman–Crippen LogP) is 8.68. The van der Waals surface area contributed by atoms with Gasteiger partial charge in [-0.15, -0.1) is 0 Å². The van der Waals surface area contributed by atoms with E-state index in [0.717, 1.165) is 16.7 Å². The molecule has 1 aliphatic heterocycles. The first-order valence-corrected chi connectivity index (χ1v) is 22.2. The van der Waals surface area contributed by atoms with Gasteiger partial charge in [0.05, 0.1) is 66.1 Å². The number of imidazole rings is 1. The van der Waals surface area contributed by atoms with Gasteiger partial charge in [-0.05, 0) is 80.8 Å². The van der Waals surface area contributed by atoms with E-state index in [9.17, 15) is 10.1 Å². The number of benzene rings is 4. The van der Waals surface area contributed by atoms with Crippen LogP contribution in [-0.2, 0) is 28.9 Å². The van der Waals surface area contributed by atoms with Crippen molar-refractivity contribution < 1.29 is 37.5 Å². The SMILES string of the molecule is COc1ccc(C(OC[C@@]2(COP(OCCC#N)N(C(C)C)C(C)C)COC[C@H](n3cnc4c(NC(=O)c5ccccc5)ncnc43)O2)(c2ccccc2)c2ccc(OC)cc2)cc1. The fourth-order valence-corrected chi connectivity index (χ4v) is 9.44. The van der Waals surface area contributed by atoms with Crippen LogP contribution in [0, 0.1) is 11.3 Å². The Labute approximate surface area is 375 Å². The minimum atomic E-state index is -1.69. The summed E-state index contributed by atoms with van der Waals surface area (Å²) in [5.74, 6) is 1.31. The Bertz CT molecular complexity index is 2410. The molecular formula is C48H54N7O8P. The number of ether oxygens (including phenoxy) is 5. The van der Waals surface area contributed by atoms with Crippen molar-refractivity contribution in [2.45, 2.75) is 63.6 Å². The van der Waals surface area contributed by atoms with E-state index in [-0.39, 0.29) is 63.3 Å². The number of nitrogens with zero attached hydrogens (tertiary/aromatic N) is 6. The van der Waals surface area contributed by atoms with Crippen molar-refractivity contribution in [1.82, 2.24) is 24.2 Å². The number of anilines is 1. The number of hydrogen-bond acceptors (Lipinski definition) is 13. The first-order chi connectivity index (χ1) is 31.1. The van der Waals surface area contributed by atoms with Crippen molar-refractivity contribution in [1.29, 1.82) is 5.26 Å². The molecule has 1 saturated heterocycles. The quantitative estimate of drug-likeness (QED) is 0.0440. The number of aromatic nitrogens is 4. The Hall–Kier alpha value is -5.82. The lowest BCUT2D eigenvalue weighted by Crippen LogP contribution is -2.54. The molecule has 1 N–H and O–H groups in total. The van der Waals surface area contributed by atoms with Crippen molar-refractivity contribution in [3.63, 3.8) is 0 Å². The zero-order valence-corrected chi connectivity index (χ0v) is 37.8. The maximum Gasteiger partial charge on any atom is 0.259 e. The first-order valence-electron chi connectivity index (χ1n) is 21.1. The summed E-state index contributed by atoms with van der Waals surface area (Å²) >= 11 is 0. The molecule has 0 bridgehead atoms. The fraction of sp³-hybridized carbons (Fsp3) is 0.354. The van der Waals surface area contributed by atoms with Gasteiger partial charge in [0.25, 0.3) is 14.4 Å². The molecule has 0 spiro atoms. The van der Waals surface area contributed by atoms with E-state index in [1.165, 1.54) is 6.33 Å². The molecule has 15 nitrogen and oxygen atoms in total. The summed E-state index contributed by atoms with van der Waals surface area (Å²) in [6.07, 6.45) is 2.40. The van der Waals surface area contributed by atoms with Gasteiger partial charge in [-0.3, -0.25) is 9.36 Å². The number of fused-ring (bicyclic) bond motifs is 1. The minimum Gasteiger partial charge on any atom is -0.497 e. The zero-order chi connectivity index (χ0) is 45.1. The van der Waals surface area contributed by atoms with Crippen LogP contribution in [-0.4, -0.2) is 95.0 Å². The second kappa shape index (κ2) is 21.2. The molecule has 64 heavy (non-hydrogen) atoms. The summed E-state index contributed by atoms with van der Waals surface area (Å²) in [6, 6.07) is 36.8. The van der Waals surface area contributed by atoms with Crippen molar-refractivity contribution >= 4 is 31.4 Å². The topological polar surface area (TPSA) is 164 Å². The van der Waals surface area contributed by atoms with Crippen LogP contribution in [0.15, 0.2) is 122 Å².